The molecule has 2 aromatic heterocycles. The van der Waals surface area contributed by atoms with Crippen molar-refractivity contribution in [2.24, 2.45) is 11.3 Å². The highest BCUT2D eigenvalue weighted by Crippen LogP contribution is 2.63. The SMILES string of the molecule is COC(=O)c1c(OCc2cccnc2)cc(=O)n2c1CCN(C(=O)[C@@H]1CC13CCCC3)CC2. The fourth-order valence-electron chi connectivity index (χ4n) is 5.60. The van der Waals surface area contributed by atoms with E-state index in [2.05, 4.69) is 4.98 Å². The number of aromatic nitrogens is 2. The van der Waals surface area contributed by atoms with Gasteiger partial charge in [0.05, 0.1) is 7.11 Å². The summed E-state index contributed by atoms with van der Waals surface area (Å²) in [6.45, 7) is 1.47. The van der Waals surface area contributed by atoms with E-state index >= 15 is 0 Å². The van der Waals surface area contributed by atoms with Crippen LogP contribution < -0.4 is 10.3 Å². The topological polar surface area (TPSA) is 90.7 Å². The molecule has 2 aromatic rings. The van der Waals surface area contributed by atoms with E-state index in [4.69, 9.17) is 9.47 Å². The molecular formula is C25H29N3O5. The highest BCUT2D eigenvalue weighted by molar-refractivity contribution is 5.93. The third-order valence-electron chi connectivity index (χ3n) is 7.50. The lowest BCUT2D eigenvalue weighted by Crippen LogP contribution is -2.36. The summed E-state index contributed by atoms with van der Waals surface area (Å²) in [5, 5.41) is 0. The van der Waals surface area contributed by atoms with Gasteiger partial charge in [-0.2, -0.15) is 0 Å². The number of hydrogen-bond acceptors (Lipinski definition) is 6. The molecule has 0 radical (unpaired) electrons. The molecule has 2 aliphatic carbocycles. The van der Waals surface area contributed by atoms with Gasteiger partial charge in [-0.15, -0.1) is 0 Å². The zero-order valence-corrected chi connectivity index (χ0v) is 18.9. The van der Waals surface area contributed by atoms with Gasteiger partial charge in [-0.25, -0.2) is 4.79 Å². The molecule has 8 heteroatoms. The zero-order chi connectivity index (χ0) is 23.0. The summed E-state index contributed by atoms with van der Waals surface area (Å²) >= 11 is 0. The molecule has 5 rings (SSSR count). The molecule has 0 aromatic carbocycles. The first-order valence-electron chi connectivity index (χ1n) is 11.7. The van der Waals surface area contributed by atoms with Crippen LogP contribution >= 0.6 is 0 Å². The van der Waals surface area contributed by atoms with Crippen LogP contribution in [-0.4, -0.2) is 46.5 Å². The van der Waals surface area contributed by atoms with Crippen LogP contribution in [0.25, 0.3) is 0 Å². The van der Waals surface area contributed by atoms with Gasteiger partial charge in [-0.05, 0) is 30.7 Å². The number of methoxy groups -OCH3 is 1. The highest BCUT2D eigenvalue weighted by atomic mass is 16.5. The van der Waals surface area contributed by atoms with Gasteiger partial charge in [-0.3, -0.25) is 14.6 Å². The maximum absolute atomic E-state index is 13.2. The number of hydrogen-bond donors (Lipinski definition) is 0. The van der Waals surface area contributed by atoms with Crippen LogP contribution in [-0.2, 0) is 29.1 Å². The van der Waals surface area contributed by atoms with Gasteiger partial charge in [0.15, 0.2) is 0 Å². The summed E-state index contributed by atoms with van der Waals surface area (Å²) in [7, 11) is 1.32. The minimum Gasteiger partial charge on any atom is -0.488 e. The molecule has 0 bridgehead atoms. The lowest BCUT2D eigenvalue weighted by atomic mass is 10.0. The summed E-state index contributed by atoms with van der Waals surface area (Å²) in [6.07, 6.45) is 9.48. The van der Waals surface area contributed by atoms with Crippen molar-refractivity contribution in [2.45, 2.75) is 51.7 Å². The van der Waals surface area contributed by atoms with Crippen molar-refractivity contribution >= 4 is 11.9 Å². The number of rotatable bonds is 5. The van der Waals surface area contributed by atoms with Crippen LogP contribution in [0, 0.1) is 11.3 Å². The van der Waals surface area contributed by atoms with Gasteiger partial charge in [-0.1, -0.05) is 18.9 Å². The Hall–Kier alpha value is -3.16. The molecule has 2 fully saturated rings. The van der Waals surface area contributed by atoms with Crippen molar-refractivity contribution in [3.63, 3.8) is 0 Å². The number of amides is 1. The fraction of sp³-hybridized carbons (Fsp3) is 0.520. The smallest absolute Gasteiger partial charge is 0.343 e. The molecule has 174 valence electrons. The van der Waals surface area contributed by atoms with Crippen LogP contribution in [0.5, 0.6) is 5.75 Å². The molecule has 2 saturated carbocycles. The average Bonchev–Trinajstić information content (AvgIpc) is 3.42. The van der Waals surface area contributed by atoms with Crippen LogP contribution in [0.3, 0.4) is 0 Å². The van der Waals surface area contributed by atoms with E-state index in [0.29, 0.717) is 31.7 Å². The molecule has 1 amide bonds. The standard InChI is InChI=1S/C25H29N3O5/c1-32-24(31)22-19-6-10-27(23(30)18-14-25(18)7-2-3-8-25)11-12-28(19)21(29)13-20(22)33-16-17-5-4-9-26-15-17/h4-5,9,13,15,18H,2-3,6-8,10-12,14,16H2,1H3/t18-/m0/s1. The average molecular weight is 452 g/mol. The predicted octanol–water partition coefficient (Wildman–Crippen LogP) is 2.57. The Balaban J connectivity index is 1.39. The molecule has 3 heterocycles. The monoisotopic (exact) mass is 451 g/mol. The second-order valence-corrected chi connectivity index (χ2v) is 9.36. The maximum atomic E-state index is 13.2. The minimum atomic E-state index is -0.549. The van der Waals surface area contributed by atoms with E-state index in [1.165, 1.54) is 26.0 Å². The Morgan fingerprint density at radius 2 is 2.03 bits per heavy atom. The number of fused-ring (bicyclic) bond motifs is 1. The summed E-state index contributed by atoms with van der Waals surface area (Å²) in [6, 6.07) is 5.00. The van der Waals surface area contributed by atoms with Crippen LogP contribution in [0.1, 0.15) is 53.7 Å². The normalized spacial score (nSPS) is 20.8. The first-order chi connectivity index (χ1) is 16.0. The molecule has 3 aliphatic rings. The van der Waals surface area contributed by atoms with Gasteiger partial charge in [0.25, 0.3) is 5.56 Å². The summed E-state index contributed by atoms with van der Waals surface area (Å²) in [5.74, 6) is -0.0255. The van der Waals surface area contributed by atoms with Crippen LogP contribution in [0.15, 0.2) is 35.4 Å². The minimum absolute atomic E-state index is 0.122. The Morgan fingerprint density at radius 1 is 1.21 bits per heavy atom. The molecule has 33 heavy (non-hydrogen) atoms. The molecule has 0 saturated heterocycles. The van der Waals surface area contributed by atoms with Crippen LogP contribution in [0.4, 0.5) is 0 Å². The number of ether oxygens (including phenoxy) is 2. The van der Waals surface area contributed by atoms with Crippen molar-refractivity contribution in [3.05, 3.63) is 57.8 Å². The highest BCUT2D eigenvalue weighted by Gasteiger charge is 2.59. The van der Waals surface area contributed by atoms with E-state index < -0.39 is 5.97 Å². The van der Waals surface area contributed by atoms with E-state index in [9.17, 15) is 14.4 Å². The first-order valence-corrected chi connectivity index (χ1v) is 11.7. The number of nitrogens with zero attached hydrogens (tertiary/aromatic N) is 3. The van der Waals surface area contributed by atoms with Crippen molar-refractivity contribution in [1.29, 1.82) is 0 Å². The van der Waals surface area contributed by atoms with Crippen molar-refractivity contribution < 1.29 is 19.1 Å². The van der Waals surface area contributed by atoms with E-state index in [1.807, 2.05) is 11.0 Å². The van der Waals surface area contributed by atoms with Crippen molar-refractivity contribution in [3.8, 4) is 5.75 Å². The molecule has 1 spiro atoms. The Labute approximate surface area is 192 Å². The van der Waals surface area contributed by atoms with Crippen molar-refractivity contribution in [1.82, 2.24) is 14.5 Å². The summed E-state index contributed by atoms with van der Waals surface area (Å²) in [5.41, 5.74) is 1.64. The van der Waals surface area contributed by atoms with Gasteiger partial charge in [0.1, 0.15) is 17.9 Å². The summed E-state index contributed by atoms with van der Waals surface area (Å²) in [4.78, 5) is 44.9. The molecule has 8 nitrogen and oxygen atoms in total. The van der Waals surface area contributed by atoms with E-state index in [-0.39, 0.29) is 40.7 Å². The number of carbonyl (C=O) groups is 2. The largest absolute Gasteiger partial charge is 0.488 e. The lowest BCUT2D eigenvalue weighted by molar-refractivity contribution is -0.133. The molecule has 0 unspecified atom stereocenters. The van der Waals surface area contributed by atoms with Crippen LogP contribution in [0.2, 0.25) is 0 Å². The van der Waals surface area contributed by atoms with E-state index in [1.54, 1.807) is 23.0 Å². The van der Waals surface area contributed by atoms with Gasteiger partial charge in [0, 0.05) is 61.7 Å². The molecule has 0 N–H and O–H groups in total. The zero-order valence-electron chi connectivity index (χ0n) is 18.9. The second-order valence-electron chi connectivity index (χ2n) is 9.36. The Morgan fingerprint density at radius 3 is 2.76 bits per heavy atom. The third kappa shape index (κ3) is 4.03. The summed E-state index contributed by atoms with van der Waals surface area (Å²) < 4.78 is 12.5. The molecule has 1 atom stereocenters. The Kier molecular flexibility index (Phi) is 5.68. The van der Waals surface area contributed by atoms with Crippen molar-refractivity contribution in [2.75, 3.05) is 20.2 Å². The van der Waals surface area contributed by atoms with Gasteiger partial charge < -0.3 is 18.9 Å². The predicted molar refractivity (Wildman–Crippen MR) is 120 cm³/mol. The maximum Gasteiger partial charge on any atom is 0.343 e. The number of esters is 1. The second kappa shape index (κ2) is 8.65. The number of pyridine rings is 2. The number of carbonyl (C=O) groups excluding carboxylic acids is 2. The van der Waals surface area contributed by atoms with E-state index in [0.717, 1.165) is 24.8 Å². The lowest BCUT2D eigenvalue weighted by Gasteiger charge is -2.21. The fourth-order valence-corrected chi connectivity index (χ4v) is 5.60. The third-order valence-corrected chi connectivity index (χ3v) is 7.50. The van der Waals surface area contributed by atoms with Gasteiger partial charge in [0.2, 0.25) is 5.91 Å². The molecule has 1 aliphatic heterocycles. The molecular weight excluding hydrogens is 422 g/mol. The van der Waals surface area contributed by atoms with Gasteiger partial charge >= 0.3 is 5.97 Å². The first kappa shape index (κ1) is 21.7. The Bertz CT molecular complexity index is 1120. The quantitative estimate of drug-likeness (QED) is 0.649.